The fraction of sp³-hybridized carbons (Fsp3) is 0.133. The molecule has 3 aromatic carbocycles. The molecule has 0 bridgehead atoms. The average molecular weight is 524 g/mol. The number of amides is 2. The molecule has 0 saturated heterocycles. The number of anilines is 2. The lowest BCUT2D eigenvalue weighted by atomic mass is 9.98. The number of aliphatic imine (C=N–C) groups is 1. The average Bonchev–Trinajstić information content (AvgIpc) is 3.47. The molecule has 0 fully saturated rings. The van der Waals surface area contributed by atoms with E-state index in [2.05, 4.69) is 38.1 Å². The van der Waals surface area contributed by atoms with Gasteiger partial charge in [-0.1, -0.05) is 60.1 Å². The Kier molecular flexibility index (Phi) is 7.75. The van der Waals surface area contributed by atoms with Crippen LogP contribution in [-0.4, -0.2) is 29.2 Å². The molecule has 38 heavy (non-hydrogen) atoms. The standard InChI is InChI=1S/C30H26ClN5O2/c31-23-15-16-28(34-19-23)36-30(38)25-8-3-4-9-26(25)35-29(37)21-13-11-20(12-14-21)24-7-2-1-6-22(24)18-33-27-10-5-17-32-27/h1-4,6-9,11-16,19H,5,10,17-18H2,(H,32,33)(H,35,37)(H,34,36,38). The Bertz CT molecular complexity index is 1480. The Morgan fingerprint density at radius 3 is 2.39 bits per heavy atom. The maximum Gasteiger partial charge on any atom is 0.258 e. The number of nitrogens with zero attached hydrogens (tertiary/aromatic N) is 2. The van der Waals surface area contributed by atoms with Crippen LogP contribution in [0.2, 0.25) is 5.02 Å². The van der Waals surface area contributed by atoms with Gasteiger partial charge >= 0.3 is 0 Å². The summed E-state index contributed by atoms with van der Waals surface area (Å²) in [7, 11) is 0. The maximum absolute atomic E-state index is 13.1. The summed E-state index contributed by atoms with van der Waals surface area (Å²) in [4.78, 5) is 34.5. The Morgan fingerprint density at radius 2 is 1.63 bits per heavy atom. The van der Waals surface area contributed by atoms with Gasteiger partial charge in [0.1, 0.15) is 5.82 Å². The fourth-order valence-electron chi connectivity index (χ4n) is 4.26. The van der Waals surface area contributed by atoms with Gasteiger partial charge in [-0.3, -0.25) is 14.6 Å². The lowest BCUT2D eigenvalue weighted by molar-refractivity contribution is 0.102. The molecule has 0 unspecified atom stereocenters. The van der Waals surface area contributed by atoms with Gasteiger partial charge in [0, 0.05) is 31.3 Å². The van der Waals surface area contributed by atoms with Crippen LogP contribution in [0.4, 0.5) is 11.5 Å². The van der Waals surface area contributed by atoms with E-state index in [0.29, 0.717) is 34.2 Å². The van der Waals surface area contributed by atoms with Crippen LogP contribution < -0.4 is 16.0 Å². The summed E-state index contributed by atoms with van der Waals surface area (Å²) in [6.45, 7) is 1.59. The van der Waals surface area contributed by atoms with E-state index in [1.807, 2.05) is 24.3 Å². The minimum atomic E-state index is -0.389. The zero-order chi connectivity index (χ0) is 26.3. The van der Waals surface area contributed by atoms with Crippen molar-refractivity contribution < 1.29 is 9.59 Å². The molecule has 0 atom stereocenters. The predicted molar refractivity (Wildman–Crippen MR) is 152 cm³/mol. The van der Waals surface area contributed by atoms with Gasteiger partial charge in [-0.05, 0) is 59.5 Å². The number of pyridine rings is 1. The van der Waals surface area contributed by atoms with Crippen molar-refractivity contribution in [3.8, 4) is 11.1 Å². The van der Waals surface area contributed by atoms with Crippen molar-refractivity contribution in [2.24, 2.45) is 4.99 Å². The van der Waals surface area contributed by atoms with E-state index in [4.69, 9.17) is 11.6 Å². The van der Waals surface area contributed by atoms with Crippen LogP contribution in [0.15, 0.2) is 96.1 Å². The van der Waals surface area contributed by atoms with E-state index in [0.717, 1.165) is 41.9 Å². The van der Waals surface area contributed by atoms with Crippen LogP contribution in [0.1, 0.15) is 39.1 Å². The number of hydrogen-bond acceptors (Lipinski definition) is 5. The van der Waals surface area contributed by atoms with Crippen LogP contribution in [-0.2, 0) is 6.54 Å². The van der Waals surface area contributed by atoms with E-state index in [-0.39, 0.29) is 11.8 Å². The number of benzene rings is 3. The Morgan fingerprint density at radius 1 is 0.842 bits per heavy atom. The molecule has 7 nitrogen and oxygen atoms in total. The zero-order valence-electron chi connectivity index (χ0n) is 20.6. The number of aromatic nitrogens is 1. The second kappa shape index (κ2) is 11.7. The zero-order valence-corrected chi connectivity index (χ0v) is 21.3. The predicted octanol–water partition coefficient (Wildman–Crippen LogP) is 6.19. The molecule has 5 rings (SSSR count). The lowest BCUT2D eigenvalue weighted by Gasteiger charge is -2.13. The molecule has 1 aromatic heterocycles. The molecule has 2 heterocycles. The molecule has 4 aromatic rings. The highest BCUT2D eigenvalue weighted by Crippen LogP contribution is 2.25. The van der Waals surface area contributed by atoms with Gasteiger partial charge < -0.3 is 16.0 Å². The maximum atomic E-state index is 13.1. The van der Waals surface area contributed by atoms with E-state index in [1.54, 1.807) is 48.5 Å². The number of carbonyl (C=O) groups is 2. The lowest BCUT2D eigenvalue weighted by Crippen LogP contribution is -2.21. The summed E-state index contributed by atoms with van der Waals surface area (Å²) in [5.41, 5.74) is 4.49. The molecule has 3 N–H and O–H groups in total. The van der Waals surface area contributed by atoms with E-state index < -0.39 is 0 Å². The Balaban J connectivity index is 1.28. The van der Waals surface area contributed by atoms with Crippen LogP contribution in [0.25, 0.3) is 11.1 Å². The molecule has 0 spiro atoms. The number of rotatable bonds is 7. The number of nitrogens with one attached hydrogen (secondary N) is 3. The van der Waals surface area contributed by atoms with Gasteiger partial charge in [-0.25, -0.2) is 4.98 Å². The third-order valence-electron chi connectivity index (χ3n) is 6.22. The van der Waals surface area contributed by atoms with Crippen molar-refractivity contribution >= 4 is 40.8 Å². The molecular weight excluding hydrogens is 498 g/mol. The summed E-state index contributed by atoms with van der Waals surface area (Å²) in [5.74, 6) is 0.725. The van der Waals surface area contributed by atoms with Crippen LogP contribution in [0.3, 0.4) is 0 Å². The number of hydrogen-bond donors (Lipinski definition) is 3. The largest absolute Gasteiger partial charge is 0.370 e. The third-order valence-corrected chi connectivity index (χ3v) is 6.45. The Labute approximate surface area is 226 Å². The highest BCUT2D eigenvalue weighted by Gasteiger charge is 2.15. The highest BCUT2D eigenvalue weighted by molar-refractivity contribution is 6.30. The van der Waals surface area contributed by atoms with E-state index in [1.165, 1.54) is 6.20 Å². The summed E-state index contributed by atoms with van der Waals surface area (Å²) in [6, 6.07) is 25.7. The van der Waals surface area contributed by atoms with Crippen molar-refractivity contribution in [1.82, 2.24) is 10.3 Å². The van der Waals surface area contributed by atoms with Crippen molar-refractivity contribution in [1.29, 1.82) is 0 Å². The van der Waals surface area contributed by atoms with Gasteiger partial charge in [-0.2, -0.15) is 0 Å². The van der Waals surface area contributed by atoms with Gasteiger partial charge in [0.15, 0.2) is 0 Å². The summed E-state index contributed by atoms with van der Waals surface area (Å²) in [5, 5.41) is 9.50. The van der Waals surface area contributed by atoms with Gasteiger partial charge in [0.05, 0.1) is 22.1 Å². The first kappa shape index (κ1) is 25.2. The number of carbonyl (C=O) groups excluding carboxylic acids is 2. The van der Waals surface area contributed by atoms with Gasteiger partial charge in [0.25, 0.3) is 11.8 Å². The second-order valence-electron chi connectivity index (χ2n) is 8.84. The Hall–Kier alpha value is -4.49. The molecule has 0 saturated carbocycles. The number of halogens is 1. The molecule has 0 radical (unpaired) electrons. The van der Waals surface area contributed by atoms with Crippen LogP contribution in [0, 0.1) is 0 Å². The van der Waals surface area contributed by atoms with E-state index >= 15 is 0 Å². The van der Waals surface area contributed by atoms with Crippen molar-refractivity contribution in [2.45, 2.75) is 19.4 Å². The third kappa shape index (κ3) is 6.07. The first-order valence-corrected chi connectivity index (χ1v) is 12.7. The first-order chi connectivity index (χ1) is 18.6. The van der Waals surface area contributed by atoms with Crippen molar-refractivity contribution in [2.75, 3.05) is 17.2 Å². The van der Waals surface area contributed by atoms with E-state index in [9.17, 15) is 9.59 Å². The smallest absolute Gasteiger partial charge is 0.258 e. The SMILES string of the molecule is O=C(Nc1ccccc1C(=O)Nc1ccc(Cl)cn1)c1ccc(-c2ccccc2CNC2=NCCC2)cc1. The summed E-state index contributed by atoms with van der Waals surface area (Å²) in [6.07, 6.45) is 3.55. The molecule has 1 aliphatic heterocycles. The number of para-hydroxylation sites is 1. The quantitative estimate of drug-likeness (QED) is 0.269. The molecule has 8 heteroatoms. The van der Waals surface area contributed by atoms with Crippen LogP contribution in [0.5, 0.6) is 0 Å². The molecular formula is C30H26ClN5O2. The molecule has 0 aliphatic carbocycles. The fourth-order valence-corrected chi connectivity index (χ4v) is 4.37. The first-order valence-electron chi connectivity index (χ1n) is 12.4. The van der Waals surface area contributed by atoms with Crippen molar-refractivity contribution in [3.05, 3.63) is 113 Å². The van der Waals surface area contributed by atoms with Gasteiger partial charge in [-0.15, -0.1) is 0 Å². The minimum Gasteiger partial charge on any atom is -0.370 e. The monoisotopic (exact) mass is 523 g/mol. The van der Waals surface area contributed by atoms with Crippen LogP contribution >= 0.6 is 11.6 Å². The van der Waals surface area contributed by atoms with Crippen molar-refractivity contribution in [3.63, 3.8) is 0 Å². The second-order valence-corrected chi connectivity index (χ2v) is 9.27. The summed E-state index contributed by atoms with van der Waals surface area (Å²) >= 11 is 5.87. The highest BCUT2D eigenvalue weighted by atomic mass is 35.5. The topological polar surface area (TPSA) is 95.5 Å². The normalized spacial score (nSPS) is 12.5. The molecule has 1 aliphatic rings. The minimum absolute atomic E-state index is 0.310. The summed E-state index contributed by atoms with van der Waals surface area (Å²) < 4.78 is 0. The van der Waals surface area contributed by atoms with Gasteiger partial charge in [0.2, 0.25) is 0 Å². The number of amidine groups is 1. The molecule has 2 amide bonds. The molecule has 190 valence electrons.